The molecule has 0 spiro atoms. The summed E-state index contributed by atoms with van der Waals surface area (Å²) in [6.07, 6.45) is 3.35. The summed E-state index contributed by atoms with van der Waals surface area (Å²) in [5.41, 5.74) is 3.29. The van der Waals surface area contributed by atoms with Gasteiger partial charge in [-0.05, 0) is 49.4 Å². The van der Waals surface area contributed by atoms with Crippen molar-refractivity contribution in [3.63, 3.8) is 0 Å². The number of benzene rings is 1. The Balaban J connectivity index is 1.22. The van der Waals surface area contributed by atoms with E-state index in [-0.39, 0.29) is 0 Å². The number of furan rings is 1. The quantitative estimate of drug-likeness (QED) is 0.381. The van der Waals surface area contributed by atoms with Crippen LogP contribution in [-0.2, 0) is 0 Å². The van der Waals surface area contributed by atoms with E-state index in [9.17, 15) is 0 Å². The monoisotopic (exact) mass is 469 g/mol. The van der Waals surface area contributed by atoms with E-state index in [0.29, 0.717) is 34.7 Å². The van der Waals surface area contributed by atoms with Gasteiger partial charge in [0, 0.05) is 38.1 Å². The number of nitrogens with zero attached hydrogens (tertiary/aromatic N) is 9. The zero-order valence-electron chi connectivity index (χ0n) is 19.4. The third-order valence-corrected chi connectivity index (χ3v) is 6.12. The van der Waals surface area contributed by atoms with Crippen molar-refractivity contribution in [3.8, 4) is 28.7 Å². The first kappa shape index (κ1) is 21.0. The third-order valence-electron chi connectivity index (χ3n) is 6.12. The Morgan fingerprint density at radius 2 is 1.71 bits per heavy atom. The highest BCUT2D eigenvalue weighted by Gasteiger charge is 2.21. The van der Waals surface area contributed by atoms with Crippen molar-refractivity contribution >= 4 is 17.4 Å². The Hall–Kier alpha value is -4.54. The molecule has 0 bridgehead atoms. The van der Waals surface area contributed by atoms with E-state index in [1.807, 2.05) is 31.2 Å². The Bertz CT molecular complexity index is 1460. The molecule has 1 saturated heterocycles. The van der Waals surface area contributed by atoms with Gasteiger partial charge in [0.2, 0.25) is 11.8 Å². The maximum Gasteiger partial charge on any atom is 0.272 e. The minimum atomic E-state index is 0.404. The highest BCUT2D eigenvalue weighted by Crippen LogP contribution is 2.24. The molecule has 0 saturated carbocycles. The van der Waals surface area contributed by atoms with Crippen LogP contribution in [0.2, 0.25) is 0 Å². The molecular formula is C24H23N9O2. The average molecular weight is 470 g/mol. The van der Waals surface area contributed by atoms with Crippen molar-refractivity contribution < 1.29 is 9.15 Å². The molecule has 1 aromatic carbocycles. The van der Waals surface area contributed by atoms with Gasteiger partial charge in [-0.25, -0.2) is 9.97 Å². The van der Waals surface area contributed by atoms with Gasteiger partial charge in [0.05, 0.1) is 24.8 Å². The van der Waals surface area contributed by atoms with Crippen molar-refractivity contribution in [2.75, 3.05) is 43.1 Å². The van der Waals surface area contributed by atoms with Crippen LogP contribution < -0.4 is 14.5 Å². The van der Waals surface area contributed by atoms with Crippen LogP contribution in [-0.4, -0.2) is 68.1 Å². The number of hydrogen-bond donors (Lipinski definition) is 0. The second-order valence-corrected chi connectivity index (χ2v) is 8.17. The summed E-state index contributed by atoms with van der Waals surface area (Å²) >= 11 is 0. The first-order chi connectivity index (χ1) is 17.2. The molecule has 176 valence electrons. The van der Waals surface area contributed by atoms with E-state index >= 15 is 0 Å². The average Bonchev–Trinajstić information content (AvgIpc) is 3.60. The standard InChI is InChI=1S/C24H23N9O2/c1-16-21(28-29-24-27-22(30-33(16)24)20-4-3-15-35-20)19-9-10-25-23(26-19)32-13-11-31(12-14-32)17-5-7-18(34-2)8-6-17/h3-10,15H,11-14H2,1-2H3. The van der Waals surface area contributed by atoms with Gasteiger partial charge in [-0.3, -0.25) is 0 Å². The molecular weight excluding hydrogens is 446 g/mol. The molecule has 1 aliphatic heterocycles. The fraction of sp³-hybridized carbons (Fsp3) is 0.250. The van der Waals surface area contributed by atoms with Crippen LogP contribution in [0.4, 0.5) is 11.6 Å². The van der Waals surface area contributed by atoms with Crippen LogP contribution in [0.5, 0.6) is 5.75 Å². The van der Waals surface area contributed by atoms with Crippen LogP contribution in [0.3, 0.4) is 0 Å². The second-order valence-electron chi connectivity index (χ2n) is 8.17. The van der Waals surface area contributed by atoms with Crippen molar-refractivity contribution in [2.45, 2.75) is 6.92 Å². The summed E-state index contributed by atoms with van der Waals surface area (Å²) in [5, 5.41) is 13.2. The number of piperazine rings is 1. The molecule has 5 heterocycles. The maximum atomic E-state index is 5.41. The fourth-order valence-electron chi connectivity index (χ4n) is 4.20. The molecule has 11 heteroatoms. The lowest BCUT2D eigenvalue weighted by molar-refractivity contribution is 0.415. The number of ether oxygens (including phenoxy) is 1. The predicted molar refractivity (Wildman–Crippen MR) is 129 cm³/mol. The second kappa shape index (κ2) is 8.67. The molecule has 1 aliphatic rings. The molecule has 35 heavy (non-hydrogen) atoms. The van der Waals surface area contributed by atoms with Crippen LogP contribution in [0.1, 0.15) is 5.69 Å². The number of fused-ring (bicyclic) bond motifs is 1. The van der Waals surface area contributed by atoms with E-state index in [4.69, 9.17) is 14.1 Å². The molecule has 1 fully saturated rings. The molecule has 0 unspecified atom stereocenters. The summed E-state index contributed by atoms with van der Waals surface area (Å²) < 4.78 is 12.3. The number of hydrogen-bond acceptors (Lipinski definition) is 10. The number of rotatable bonds is 5. The molecule has 0 amide bonds. The zero-order valence-corrected chi connectivity index (χ0v) is 19.4. The lowest BCUT2D eigenvalue weighted by Gasteiger charge is -2.36. The zero-order chi connectivity index (χ0) is 23.8. The van der Waals surface area contributed by atoms with E-state index in [2.05, 4.69) is 47.2 Å². The number of aromatic nitrogens is 7. The van der Waals surface area contributed by atoms with Gasteiger partial charge < -0.3 is 19.0 Å². The van der Waals surface area contributed by atoms with Gasteiger partial charge in [-0.1, -0.05) is 0 Å². The number of methoxy groups -OCH3 is 1. The van der Waals surface area contributed by atoms with Gasteiger partial charge >= 0.3 is 0 Å². The summed E-state index contributed by atoms with van der Waals surface area (Å²) in [5.74, 6) is 2.98. The molecule has 0 atom stereocenters. The van der Waals surface area contributed by atoms with Crippen molar-refractivity contribution in [1.29, 1.82) is 0 Å². The Labute approximate surface area is 201 Å². The Morgan fingerprint density at radius 3 is 2.46 bits per heavy atom. The lowest BCUT2D eigenvalue weighted by atomic mass is 10.2. The molecule has 5 aromatic rings. The predicted octanol–water partition coefficient (Wildman–Crippen LogP) is 2.88. The molecule has 11 nitrogen and oxygen atoms in total. The molecule has 4 aromatic heterocycles. The largest absolute Gasteiger partial charge is 0.497 e. The molecule has 0 N–H and O–H groups in total. The third kappa shape index (κ3) is 3.90. The summed E-state index contributed by atoms with van der Waals surface area (Å²) in [6.45, 7) is 5.30. The van der Waals surface area contributed by atoms with Crippen molar-refractivity contribution in [2.24, 2.45) is 0 Å². The van der Waals surface area contributed by atoms with Gasteiger partial charge in [0.25, 0.3) is 5.78 Å². The van der Waals surface area contributed by atoms with Crippen molar-refractivity contribution in [3.05, 3.63) is 60.6 Å². The first-order valence-electron chi connectivity index (χ1n) is 11.3. The SMILES string of the molecule is COc1ccc(N2CCN(c3nccc(-c4nnc5nc(-c6ccco6)nn5c4C)n3)CC2)cc1. The molecule has 0 aliphatic carbocycles. The van der Waals surface area contributed by atoms with E-state index in [0.717, 1.165) is 37.6 Å². The number of aryl methyl sites for hydroxylation is 1. The Kier molecular flexibility index (Phi) is 5.21. The minimum Gasteiger partial charge on any atom is -0.497 e. The van der Waals surface area contributed by atoms with Gasteiger partial charge in [0.1, 0.15) is 11.4 Å². The van der Waals surface area contributed by atoms with Gasteiger partial charge in [0.15, 0.2) is 5.76 Å². The minimum absolute atomic E-state index is 0.404. The van der Waals surface area contributed by atoms with E-state index < -0.39 is 0 Å². The maximum absolute atomic E-state index is 5.41. The van der Waals surface area contributed by atoms with Gasteiger partial charge in [-0.2, -0.15) is 9.50 Å². The topological polar surface area (TPSA) is 111 Å². The van der Waals surface area contributed by atoms with E-state index in [1.54, 1.807) is 30.2 Å². The van der Waals surface area contributed by atoms with Crippen LogP contribution in [0.25, 0.3) is 28.8 Å². The van der Waals surface area contributed by atoms with Crippen LogP contribution in [0.15, 0.2) is 59.3 Å². The first-order valence-corrected chi connectivity index (χ1v) is 11.3. The molecule has 0 radical (unpaired) electrons. The highest BCUT2D eigenvalue weighted by atomic mass is 16.5. The normalized spacial score (nSPS) is 14.0. The molecule has 6 rings (SSSR count). The smallest absolute Gasteiger partial charge is 0.272 e. The van der Waals surface area contributed by atoms with Gasteiger partial charge in [-0.15, -0.1) is 15.3 Å². The summed E-state index contributed by atoms with van der Waals surface area (Å²) in [7, 11) is 1.68. The summed E-state index contributed by atoms with van der Waals surface area (Å²) in [4.78, 5) is 18.3. The summed E-state index contributed by atoms with van der Waals surface area (Å²) in [6, 6.07) is 13.6. The van der Waals surface area contributed by atoms with E-state index in [1.165, 1.54) is 5.69 Å². The number of anilines is 2. The lowest BCUT2D eigenvalue weighted by Crippen LogP contribution is -2.47. The van der Waals surface area contributed by atoms with Crippen LogP contribution >= 0.6 is 0 Å². The Morgan fingerprint density at radius 1 is 0.914 bits per heavy atom. The van der Waals surface area contributed by atoms with Crippen LogP contribution in [0, 0.1) is 6.92 Å². The van der Waals surface area contributed by atoms with Crippen molar-refractivity contribution in [1.82, 2.24) is 34.8 Å². The fourth-order valence-corrected chi connectivity index (χ4v) is 4.20. The highest BCUT2D eigenvalue weighted by molar-refractivity contribution is 5.60.